The van der Waals surface area contributed by atoms with Gasteiger partial charge in [0.25, 0.3) is 0 Å². The number of hydrogen-bond donors (Lipinski definition) is 0. The summed E-state index contributed by atoms with van der Waals surface area (Å²) in [4.78, 5) is 21.8. The van der Waals surface area contributed by atoms with Gasteiger partial charge in [0.05, 0.1) is 17.1 Å². The molecule has 0 amide bonds. The maximum absolute atomic E-state index is 4.63. The van der Waals surface area contributed by atoms with E-state index < -0.39 is 0 Å². The molecule has 6 heteroatoms. The molecule has 0 saturated heterocycles. The fraction of sp³-hybridized carbons (Fsp3) is 0.500. The Morgan fingerprint density at radius 1 is 0.528 bits per heavy atom. The zero-order valence-electron chi connectivity index (χ0n) is 22.2. The van der Waals surface area contributed by atoms with E-state index in [0.717, 1.165) is 56.4 Å². The van der Waals surface area contributed by atoms with Gasteiger partial charge in [-0.1, -0.05) is 39.0 Å². The molecule has 0 atom stereocenters. The van der Waals surface area contributed by atoms with Crippen molar-refractivity contribution in [2.45, 2.75) is 77.8 Å². The Balaban J connectivity index is 1.56. The molecular formula is C30H42N6. The summed E-state index contributed by atoms with van der Waals surface area (Å²) in [5, 5.41) is 0. The first-order valence-electron chi connectivity index (χ1n) is 13.6. The zero-order chi connectivity index (χ0) is 25.2. The van der Waals surface area contributed by atoms with Gasteiger partial charge in [-0.05, 0) is 75.3 Å². The normalized spacial score (nSPS) is 20.3. The average Bonchev–Trinajstić information content (AvgIpc) is 2.94. The minimum atomic E-state index is 0.510. The summed E-state index contributed by atoms with van der Waals surface area (Å²) in [5.41, 5.74) is 3.46. The summed E-state index contributed by atoms with van der Waals surface area (Å²) < 4.78 is 0. The van der Waals surface area contributed by atoms with Gasteiger partial charge in [0.1, 0.15) is 0 Å². The molecule has 0 bridgehead atoms. The Kier molecular flexibility index (Phi) is 9.96. The summed E-state index contributed by atoms with van der Waals surface area (Å²) in [7, 11) is 0. The highest BCUT2D eigenvalue weighted by molar-refractivity contribution is 5.07. The molecule has 6 nitrogen and oxygen atoms in total. The van der Waals surface area contributed by atoms with E-state index in [1.165, 1.54) is 19.3 Å². The van der Waals surface area contributed by atoms with Crippen molar-refractivity contribution >= 4 is 0 Å². The van der Waals surface area contributed by atoms with Crippen LogP contribution in [0.5, 0.6) is 0 Å². The van der Waals surface area contributed by atoms with Crippen LogP contribution in [0, 0.1) is 0 Å². The second kappa shape index (κ2) is 13.6. The summed E-state index contributed by atoms with van der Waals surface area (Å²) in [6.45, 7) is 12.7. The smallest absolute Gasteiger partial charge is 0.0544 e. The van der Waals surface area contributed by atoms with E-state index in [4.69, 9.17) is 0 Å². The van der Waals surface area contributed by atoms with Crippen LogP contribution in [0.15, 0.2) is 73.2 Å². The van der Waals surface area contributed by atoms with Gasteiger partial charge in [-0.3, -0.25) is 29.7 Å². The van der Waals surface area contributed by atoms with Crippen molar-refractivity contribution in [3.05, 3.63) is 90.3 Å². The first kappa shape index (κ1) is 26.4. The number of pyridine rings is 3. The Bertz CT molecular complexity index is 862. The van der Waals surface area contributed by atoms with E-state index in [0.29, 0.717) is 18.1 Å². The van der Waals surface area contributed by atoms with Crippen LogP contribution >= 0.6 is 0 Å². The number of hydrogen-bond acceptors (Lipinski definition) is 6. The largest absolute Gasteiger partial charge is 0.295 e. The van der Waals surface area contributed by atoms with Gasteiger partial charge >= 0.3 is 0 Å². The van der Waals surface area contributed by atoms with E-state index >= 15 is 0 Å². The lowest BCUT2D eigenvalue weighted by molar-refractivity contribution is 0.0251. The zero-order valence-corrected chi connectivity index (χ0v) is 22.2. The minimum absolute atomic E-state index is 0.510. The van der Waals surface area contributed by atoms with Crippen LogP contribution < -0.4 is 0 Å². The number of nitrogens with zero attached hydrogens (tertiary/aromatic N) is 6. The highest BCUT2D eigenvalue weighted by atomic mass is 15.2. The molecule has 36 heavy (non-hydrogen) atoms. The highest BCUT2D eigenvalue weighted by Gasteiger charge is 2.36. The summed E-state index contributed by atoms with van der Waals surface area (Å²) >= 11 is 0. The SMILES string of the molecule is CCN(Cc1ccccn1)C1CC(N(CC)Cc2ccccn2)CC(N(CC)Cc2ccccn2)C1. The molecule has 0 spiro atoms. The van der Waals surface area contributed by atoms with Gasteiger partial charge in [-0.25, -0.2) is 0 Å². The van der Waals surface area contributed by atoms with Crippen LogP contribution in [-0.2, 0) is 19.6 Å². The van der Waals surface area contributed by atoms with E-state index in [9.17, 15) is 0 Å². The van der Waals surface area contributed by atoms with E-state index in [-0.39, 0.29) is 0 Å². The standard InChI is InChI=1S/C30H42N6/c1-4-34(22-25-13-7-10-16-31-25)28-19-29(35(5-2)23-26-14-8-11-17-32-26)21-30(20-28)36(6-3)24-27-15-9-12-18-33-27/h7-18,28-30H,4-6,19-24H2,1-3H3. The summed E-state index contributed by atoms with van der Waals surface area (Å²) in [5.74, 6) is 0. The molecule has 192 valence electrons. The third-order valence-electron chi connectivity index (χ3n) is 7.67. The molecule has 1 saturated carbocycles. The van der Waals surface area contributed by atoms with Crippen LogP contribution in [-0.4, -0.2) is 67.4 Å². The predicted octanol–water partition coefficient (Wildman–Crippen LogP) is 5.03. The molecule has 4 rings (SSSR count). The third-order valence-corrected chi connectivity index (χ3v) is 7.67. The maximum Gasteiger partial charge on any atom is 0.0544 e. The lowest BCUT2D eigenvalue weighted by Gasteiger charge is -2.47. The van der Waals surface area contributed by atoms with Crippen LogP contribution in [0.1, 0.15) is 57.1 Å². The molecular weight excluding hydrogens is 444 g/mol. The summed E-state index contributed by atoms with van der Waals surface area (Å²) in [6, 6.07) is 20.3. The molecule has 0 aliphatic heterocycles. The molecule has 0 radical (unpaired) electrons. The van der Waals surface area contributed by atoms with Crippen molar-refractivity contribution in [3.8, 4) is 0 Å². The van der Waals surface area contributed by atoms with Crippen LogP contribution in [0.4, 0.5) is 0 Å². The van der Waals surface area contributed by atoms with Gasteiger partial charge in [0, 0.05) is 56.4 Å². The van der Waals surface area contributed by atoms with Crippen molar-refractivity contribution in [2.75, 3.05) is 19.6 Å². The Morgan fingerprint density at radius 3 is 1.06 bits per heavy atom. The van der Waals surface area contributed by atoms with Crippen LogP contribution in [0.2, 0.25) is 0 Å². The lowest BCUT2D eigenvalue weighted by Crippen LogP contribution is -2.53. The average molecular weight is 487 g/mol. The highest BCUT2D eigenvalue weighted by Crippen LogP contribution is 2.32. The maximum atomic E-state index is 4.63. The van der Waals surface area contributed by atoms with E-state index in [2.05, 4.69) is 86.8 Å². The molecule has 3 aromatic heterocycles. The molecule has 3 heterocycles. The molecule has 3 aromatic rings. The number of rotatable bonds is 12. The molecule has 1 aliphatic carbocycles. The van der Waals surface area contributed by atoms with Crippen LogP contribution in [0.3, 0.4) is 0 Å². The Morgan fingerprint density at radius 2 is 0.833 bits per heavy atom. The van der Waals surface area contributed by atoms with Crippen molar-refractivity contribution in [2.24, 2.45) is 0 Å². The van der Waals surface area contributed by atoms with E-state index in [1.54, 1.807) is 0 Å². The fourth-order valence-electron chi connectivity index (χ4n) is 5.72. The monoisotopic (exact) mass is 486 g/mol. The Labute approximate surface area is 217 Å². The number of aromatic nitrogens is 3. The molecule has 0 unspecified atom stereocenters. The van der Waals surface area contributed by atoms with Gasteiger partial charge in [-0.15, -0.1) is 0 Å². The molecule has 1 aliphatic rings. The molecule has 0 N–H and O–H groups in total. The molecule has 0 aromatic carbocycles. The fourth-order valence-corrected chi connectivity index (χ4v) is 5.72. The van der Waals surface area contributed by atoms with Crippen LogP contribution in [0.25, 0.3) is 0 Å². The third kappa shape index (κ3) is 7.19. The van der Waals surface area contributed by atoms with Crippen molar-refractivity contribution < 1.29 is 0 Å². The first-order valence-corrected chi connectivity index (χ1v) is 13.6. The van der Waals surface area contributed by atoms with E-state index in [1.807, 2.05) is 36.8 Å². The van der Waals surface area contributed by atoms with Crippen molar-refractivity contribution in [3.63, 3.8) is 0 Å². The van der Waals surface area contributed by atoms with Gasteiger partial charge in [0.15, 0.2) is 0 Å². The van der Waals surface area contributed by atoms with Crippen molar-refractivity contribution in [1.82, 2.24) is 29.7 Å². The van der Waals surface area contributed by atoms with Gasteiger partial charge in [0.2, 0.25) is 0 Å². The quantitative estimate of drug-likeness (QED) is 0.358. The second-order valence-corrected chi connectivity index (χ2v) is 9.82. The predicted molar refractivity (Wildman–Crippen MR) is 146 cm³/mol. The summed E-state index contributed by atoms with van der Waals surface area (Å²) in [6.07, 6.45) is 9.27. The van der Waals surface area contributed by atoms with Crippen molar-refractivity contribution in [1.29, 1.82) is 0 Å². The first-order chi connectivity index (χ1) is 17.7. The second-order valence-electron chi connectivity index (χ2n) is 9.82. The minimum Gasteiger partial charge on any atom is -0.295 e. The van der Waals surface area contributed by atoms with Gasteiger partial charge in [-0.2, -0.15) is 0 Å². The topological polar surface area (TPSA) is 48.4 Å². The molecule has 1 fully saturated rings. The lowest BCUT2D eigenvalue weighted by atomic mass is 9.84. The Hall–Kier alpha value is -2.67. The van der Waals surface area contributed by atoms with Gasteiger partial charge < -0.3 is 0 Å².